The van der Waals surface area contributed by atoms with Crippen molar-refractivity contribution >= 4 is 29.2 Å². The summed E-state index contributed by atoms with van der Waals surface area (Å²) >= 11 is 11.9. The number of nitrogens with zero attached hydrogens (tertiary/aromatic N) is 1. The van der Waals surface area contributed by atoms with Gasteiger partial charge in [0.1, 0.15) is 0 Å². The first-order valence-corrected chi connectivity index (χ1v) is 6.65. The van der Waals surface area contributed by atoms with Crippen LogP contribution >= 0.6 is 23.2 Å². The third-order valence-corrected chi connectivity index (χ3v) is 3.25. The minimum absolute atomic E-state index is 0.0949. The van der Waals surface area contributed by atoms with Crippen molar-refractivity contribution in [3.63, 3.8) is 0 Å². The molecule has 5 nitrogen and oxygen atoms in total. The Bertz CT molecular complexity index is 613. The van der Waals surface area contributed by atoms with Crippen molar-refractivity contribution < 1.29 is 14.4 Å². The number of benzene rings is 1. The lowest BCUT2D eigenvalue weighted by Crippen LogP contribution is -2.16. The van der Waals surface area contributed by atoms with Crippen LogP contribution in [0.5, 0.6) is 0 Å². The predicted molar refractivity (Wildman–Crippen MR) is 75.3 cm³/mol. The maximum Gasteiger partial charge on any atom is 0.358 e. The van der Waals surface area contributed by atoms with Gasteiger partial charge in [0.05, 0.1) is 6.54 Å². The fraction of sp³-hybridized carbons (Fsp3) is 0.231. The van der Waals surface area contributed by atoms with Crippen molar-refractivity contribution in [3.05, 3.63) is 51.3 Å². The summed E-state index contributed by atoms with van der Waals surface area (Å²) in [5, 5.41) is 16.5. The van der Waals surface area contributed by atoms with Gasteiger partial charge in [-0.15, -0.1) is 0 Å². The molecule has 2 rings (SSSR count). The molecule has 2 aromatic rings. The highest BCUT2D eigenvalue weighted by atomic mass is 35.5. The van der Waals surface area contributed by atoms with Crippen LogP contribution in [0.1, 0.15) is 21.8 Å². The summed E-state index contributed by atoms with van der Waals surface area (Å²) in [6, 6.07) is 6.76. The highest BCUT2D eigenvalue weighted by Gasteiger charge is 2.10. The fourth-order valence-corrected chi connectivity index (χ4v) is 2.16. The quantitative estimate of drug-likeness (QED) is 0.802. The summed E-state index contributed by atoms with van der Waals surface area (Å²) < 4.78 is 4.88. The molecule has 20 heavy (non-hydrogen) atoms. The van der Waals surface area contributed by atoms with Gasteiger partial charge >= 0.3 is 5.97 Å². The van der Waals surface area contributed by atoms with E-state index in [9.17, 15) is 4.79 Å². The number of halogens is 2. The first-order valence-electron chi connectivity index (χ1n) is 5.90. The molecule has 0 bridgehead atoms. The van der Waals surface area contributed by atoms with Crippen LogP contribution in [0.15, 0.2) is 28.8 Å². The van der Waals surface area contributed by atoms with Gasteiger partial charge in [-0.05, 0) is 30.7 Å². The van der Waals surface area contributed by atoms with Crippen LogP contribution in [0.4, 0.5) is 0 Å². The molecule has 0 radical (unpaired) electrons. The first kappa shape index (κ1) is 14.8. The second kappa shape index (κ2) is 6.74. The molecule has 0 spiro atoms. The lowest BCUT2D eigenvalue weighted by atomic mass is 10.1. The van der Waals surface area contributed by atoms with Crippen LogP contribution in [0, 0.1) is 0 Å². The highest BCUT2D eigenvalue weighted by molar-refractivity contribution is 6.35. The summed E-state index contributed by atoms with van der Waals surface area (Å²) in [4.78, 5) is 10.6. The molecule has 0 amide bonds. The van der Waals surface area contributed by atoms with E-state index in [1.54, 1.807) is 12.1 Å². The summed E-state index contributed by atoms with van der Waals surface area (Å²) in [6.07, 6.45) is 0.732. The van der Waals surface area contributed by atoms with Crippen LogP contribution in [0.2, 0.25) is 10.0 Å². The Balaban J connectivity index is 1.79. The maximum atomic E-state index is 10.6. The topological polar surface area (TPSA) is 75.4 Å². The molecule has 1 aromatic heterocycles. The molecule has 0 fully saturated rings. The van der Waals surface area contributed by atoms with Crippen LogP contribution in [0.25, 0.3) is 0 Å². The van der Waals surface area contributed by atoms with E-state index in [1.165, 1.54) is 6.07 Å². The Morgan fingerprint density at radius 3 is 2.80 bits per heavy atom. The van der Waals surface area contributed by atoms with Gasteiger partial charge in [0.2, 0.25) is 0 Å². The van der Waals surface area contributed by atoms with Gasteiger partial charge in [-0.25, -0.2) is 4.79 Å². The Morgan fingerprint density at radius 2 is 2.15 bits per heavy atom. The zero-order chi connectivity index (χ0) is 14.5. The number of carboxylic acids is 1. The minimum Gasteiger partial charge on any atom is -0.476 e. The van der Waals surface area contributed by atoms with E-state index < -0.39 is 5.97 Å². The SMILES string of the molecule is O=C(O)c1cc(CNCCc2ccc(Cl)cc2Cl)on1. The Morgan fingerprint density at radius 1 is 1.35 bits per heavy atom. The third-order valence-electron chi connectivity index (χ3n) is 2.66. The second-order valence-corrected chi connectivity index (χ2v) is 4.99. The van der Waals surface area contributed by atoms with Crippen LogP contribution in [0.3, 0.4) is 0 Å². The number of carboxylic acid groups (broad SMARTS) is 1. The molecule has 0 unspecified atom stereocenters. The summed E-state index contributed by atoms with van der Waals surface area (Å²) in [7, 11) is 0. The van der Waals surface area contributed by atoms with Gasteiger partial charge in [-0.3, -0.25) is 0 Å². The number of nitrogens with one attached hydrogen (secondary N) is 1. The average Bonchev–Trinajstić information content (AvgIpc) is 2.85. The molecule has 1 heterocycles. The molecule has 0 saturated heterocycles. The molecule has 2 N–H and O–H groups in total. The number of rotatable bonds is 6. The molecule has 0 aliphatic carbocycles. The van der Waals surface area contributed by atoms with Crippen molar-refractivity contribution in [2.24, 2.45) is 0 Å². The van der Waals surface area contributed by atoms with Gasteiger partial charge in [0, 0.05) is 16.1 Å². The van der Waals surface area contributed by atoms with Crippen molar-refractivity contribution in [2.75, 3.05) is 6.54 Å². The molecule has 7 heteroatoms. The fourth-order valence-electron chi connectivity index (χ4n) is 1.66. The van der Waals surface area contributed by atoms with Crippen molar-refractivity contribution in [1.29, 1.82) is 0 Å². The van der Waals surface area contributed by atoms with Crippen molar-refractivity contribution in [2.45, 2.75) is 13.0 Å². The van der Waals surface area contributed by atoms with E-state index in [0.717, 1.165) is 12.0 Å². The number of hydrogen-bond donors (Lipinski definition) is 2. The number of aromatic carboxylic acids is 1. The molecular formula is C13H12Cl2N2O3. The van der Waals surface area contributed by atoms with Crippen LogP contribution < -0.4 is 5.32 Å². The van der Waals surface area contributed by atoms with Gasteiger partial charge in [-0.2, -0.15) is 0 Å². The Hall–Kier alpha value is -1.56. The van der Waals surface area contributed by atoms with E-state index in [4.69, 9.17) is 32.8 Å². The number of carbonyl (C=O) groups is 1. The monoisotopic (exact) mass is 314 g/mol. The van der Waals surface area contributed by atoms with E-state index in [1.807, 2.05) is 6.07 Å². The van der Waals surface area contributed by atoms with E-state index in [0.29, 0.717) is 28.9 Å². The maximum absolute atomic E-state index is 10.6. The molecule has 0 atom stereocenters. The van der Waals surface area contributed by atoms with E-state index >= 15 is 0 Å². The Kier molecular flexibility index (Phi) is 5.00. The van der Waals surface area contributed by atoms with Gasteiger partial charge < -0.3 is 14.9 Å². The number of hydrogen-bond acceptors (Lipinski definition) is 4. The van der Waals surface area contributed by atoms with Crippen molar-refractivity contribution in [1.82, 2.24) is 10.5 Å². The molecule has 106 valence electrons. The zero-order valence-corrected chi connectivity index (χ0v) is 11.9. The average molecular weight is 315 g/mol. The lowest BCUT2D eigenvalue weighted by Gasteiger charge is -2.05. The van der Waals surface area contributed by atoms with E-state index in [2.05, 4.69) is 10.5 Å². The summed E-state index contributed by atoms with van der Waals surface area (Å²) in [5.41, 5.74) is 0.898. The summed E-state index contributed by atoms with van der Waals surface area (Å²) in [5.74, 6) is -0.627. The second-order valence-electron chi connectivity index (χ2n) is 4.15. The smallest absolute Gasteiger partial charge is 0.358 e. The first-order chi connectivity index (χ1) is 9.56. The van der Waals surface area contributed by atoms with E-state index in [-0.39, 0.29) is 5.69 Å². The van der Waals surface area contributed by atoms with Crippen LogP contribution in [-0.4, -0.2) is 22.8 Å². The predicted octanol–water partition coefficient (Wildman–Crippen LogP) is 3.01. The number of aromatic nitrogens is 1. The largest absolute Gasteiger partial charge is 0.476 e. The van der Waals surface area contributed by atoms with Gasteiger partial charge in [0.15, 0.2) is 11.5 Å². The van der Waals surface area contributed by atoms with Crippen molar-refractivity contribution in [3.8, 4) is 0 Å². The van der Waals surface area contributed by atoms with Crippen LogP contribution in [-0.2, 0) is 13.0 Å². The summed E-state index contributed by atoms with van der Waals surface area (Å²) in [6.45, 7) is 1.08. The molecule has 0 aliphatic heterocycles. The zero-order valence-electron chi connectivity index (χ0n) is 10.4. The highest BCUT2D eigenvalue weighted by Crippen LogP contribution is 2.21. The lowest BCUT2D eigenvalue weighted by molar-refractivity contribution is 0.0685. The third kappa shape index (κ3) is 3.96. The standard InChI is InChI=1S/C13H12Cl2N2O3/c14-9-2-1-8(11(15)5-9)3-4-16-7-10-6-12(13(18)19)17-20-10/h1-2,5-6,16H,3-4,7H2,(H,18,19). The Labute approximate surface area is 125 Å². The molecule has 1 aromatic carbocycles. The van der Waals surface area contributed by atoms with Gasteiger partial charge in [-0.1, -0.05) is 34.4 Å². The molecule has 0 saturated carbocycles. The normalized spacial score (nSPS) is 10.7. The minimum atomic E-state index is -1.10. The molecular weight excluding hydrogens is 303 g/mol. The molecule has 0 aliphatic rings. The van der Waals surface area contributed by atoms with Gasteiger partial charge in [0.25, 0.3) is 0 Å².